The Bertz CT molecular complexity index is 431. The van der Waals surface area contributed by atoms with Crippen LogP contribution in [0, 0.1) is 0 Å². The van der Waals surface area contributed by atoms with Crippen LogP contribution in [0.2, 0.25) is 0 Å². The van der Waals surface area contributed by atoms with Gasteiger partial charge < -0.3 is 9.84 Å². The predicted molar refractivity (Wildman–Crippen MR) is 61.2 cm³/mol. The zero-order valence-electron chi connectivity index (χ0n) is 10.4. The molecule has 0 spiro atoms. The molecule has 0 atom stereocenters. The molecular weight excluding hydrogens is 305 g/mol. The van der Waals surface area contributed by atoms with E-state index in [0.717, 1.165) is 4.31 Å². The van der Waals surface area contributed by atoms with Gasteiger partial charge in [0, 0.05) is 13.1 Å². The minimum Gasteiger partial charge on any atom is -0.480 e. The third-order valence-electron chi connectivity index (χ3n) is 2.64. The normalized spacial score (nSPS) is 19.1. The lowest BCUT2D eigenvalue weighted by molar-refractivity contribution is -0.145. The first kappa shape index (κ1) is 17.1. The highest BCUT2D eigenvalue weighted by Gasteiger charge is 2.33. The summed E-state index contributed by atoms with van der Waals surface area (Å²) in [5.74, 6) is -1.13. The molecule has 0 radical (unpaired) electrons. The molecule has 0 aromatic rings. The molecule has 0 aromatic carbocycles. The van der Waals surface area contributed by atoms with E-state index in [1.54, 1.807) is 0 Å². The van der Waals surface area contributed by atoms with E-state index in [1.807, 2.05) is 0 Å². The highest BCUT2D eigenvalue weighted by atomic mass is 32.2. The second-order valence-corrected chi connectivity index (χ2v) is 6.00. The van der Waals surface area contributed by atoms with Crippen LogP contribution in [-0.2, 0) is 19.7 Å². The Kier molecular flexibility index (Phi) is 5.74. The molecule has 20 heavy (non-hydrogen) atoms. The number of nitrogens with one attached hydrogen (secondary N) is 1. The van der Waals surface area contributed by atoms with Crippen molar-refractivity contribution in [1.29, 1.82) is 0 Å². The Balaban J connectivity index is 2.42. The van der Waals surface area contributed by atoms with Crippen molar-refractivity contribution >= 4 is 16.2 Å². The predicted octanol–water partition coefficient (Wildman–Crippen LogP) is -0.0513. The quantitative estimate of drug-likeness (QED) is 0.715. The van der Waals surface area contributed by atoms with E-state index in [2.05, 4.69) is 0 Å². The number of aliphatic carboxylic acids is 1. The number of rotatable bonds is 6. The highest BCUT2D eigenvalue weighted by Crippen LogP contribution is 2.17. The number of carboxylic acid groups (broad SMARTS) is 1. The molecule has 0 saturated carbocycles. The molecule has 0 aromatic heterocycles. The first-order valence-electron chi connectivity index (χ1n) is 5.75. The number of hydrogen-bond donors (Lipinski definition) is 2. The highest BCUT2D eigenvalue weighted by molar-refractivity contribution is 7.87. The number of carboxylic acids is 1. The standard InChI is InChI=1S/C9H15F3N2O5S/c10-9(11,12)6-13-20(17,18)14-3-1-7(2-4-14)19-5-8(15)16/h7,13H,1-6H2,(H,15,16). The smallest absolute Gasteiger partial charge is 0.402 e. The van der Waals surface area contributed by atoms with E-state index >= 15 is 0 Å². The molecule has 118 valence electrons. The first-order chi connectivity index (χ1) is 9.10. The van der Waals surface area contributed by atoms with Crippen molar-refractivity contribution in [3.63, 3.8) is 0 Å². The number of nitrogens with zero attached hydrogens (tertiary/aromatic N) is 1. The Hall–Kier alpha value is -0.910. The lowest BCUT2D eigenvalue weighted by Gasteiger charge is -2.30. The van der Waals surface area contributed by atoms with Crippen LogP contribution in [0.15, 0.2) is 0 Å². The van der Waals surface area contributed by atoms with Crippen LogP contribution in [0.5, 0.6) is 0 Å². The summed E-state index contributed by atoms with van der Waals surface area (Å²) in [4.78, 5) is 10.3. The van der Waals surface area contributed by atoms with E-state index in [4.69, 9.17) is 9.84 Å². The van der Waals surface area contributed by atoms with Gasteiger partial charge in [0.15, 0.2) is 0 Å². The summed E-state index contributed by atoms with van der Waals surface area (Å²) in [5.41, 5.74) is 0. The Morgan fingerprint density at radius 3 is 2.35 bits per heavy atom. The van der Waals surface area contributed by atoms with Crippen LogP contribution in [0.1, 0.15) is 12.8 Å². The molecule has 1 saturated heterocycles. The van der Waals surface area contributed by atoms with Crippen molar-refractivity contribution in [1.82, 2.24) is 9.03 Å². The van der Waals surface area contributed by atoms with Crippen LogP contribution in [0.25, 0.3) is 0 Å². The molecule has 1 aliphatic rings. The third kappa shape index (κ3) is 6.03. The molecule has 1 fully saturated rings. The van der Waals surface area contributed by atoms with E-state index in [0.29, 0.717) is 0 Å². The van der Waals surface area contributed by atoms with Crippen molar-refractivity contribution in [3.8, 4) is 0 Å². The maximum absolute atomic E-state index is 12.0. The molecule has 0 unspecified atom stereocenters. The summed E-state index contributed by atoms with van der Waals surface area (Å²) in [6, 6.07) is 0. The monoisotopic (exact) mass is 320 g/mol. The molecule has 0 amide bonds. The number of piperidine rings is 1. The molecule has 0 bridgehead atoms. The van der Waals surface area contributed by atoms with Gasteiger partial charge in [-0.15, -0.1) is 0 Å². The third-order valence-corrected chi connectivity index (χ3v) is 4.19. The zero-order chi connectivity index (χ0) is 15.4. The minimum atomic E-state index is -4.62. The van der Waals surface area contributed by atoms with E-state index in [1.165, 1.54) is 4.72 Å². The lowest BCUT2D eigenvalue weighted by atomic mass is 10.1. The molecule has 11 heteroatoms. The number of ether oxygens (including phenoxy) is 1. The number of halogens is 3. The fraction of sp³-hybridized carbons (Fsp3) is 0.889. The second kappa shape index (κ2) is 6.70. The van der Waals surface area contributed by atoms with Crippen LogP contribution < -0.4 is 4.72 Å². The van der Waals surface area contributed by atoms with Gasteiger partial charge in [-0.1, -0.05) is 0 Å². The van der Waals surface area contributed by atoms with Crippen molar-refractivity contribution < 1.29 is 36.2 Å². The van der Waals surface area contributed by atoms with Gasteiger partial charge in [-0.25, -0.2) is 4.79 Å². The molecular formula is C9H15F3N2O5S. The van der Waals surface area contributed by atoms with Crippen LogP contribution in [-0.4, -0.2) is 62.3 Å². The van der Waals surface area contributed by atoms with Gasteiger partial charge in [-0.05, 0) is 12.8 Å². The molecule has 7 nitrogen and oxygen atoms in total. The van der Waals surface area contributed by atoms with Crippen molar-refractivity contribution in [2.75, 3.05) is 26.2 Å². The second-order valence-electron chi connectivity index (χ2n) is 4.24. The molecule has 2 N–H and O–H groups in total. The SMILES string of the molecule is O=C(O)COC1CCN(S(=O)(=O)NCC(F)(F)F)CC1. The summed E-state index contributed by atoms with van der Waals surface area (Å²) in [6.07, 6.45) is -4.55. The summed E-state index contributed by atoms with van der Waals surface area (Å²) in [5, 5.41) is 8.42. The van der Waals surface area contributed by atoms with Crippen LogP contribution in [0.3, 0.4) is 0 Å². The summed E-state index contributed by atoms with van der Waals surface area (Å²) < 4.78 is 66.4. The zero-order valence-corrected chi connectivity index (χ0v) is 11.2. The summed E-state index contributed by atoms with van der Waals surface area (Å²) in [7, 11) is -4.18. The Labute approximate surface area is 113 Å². The molecule has 0 aliphatic carbocycles. The van der Waals surface area contributed by atoms with Gasteiger partial charge >= 0.3 is 12.1 Å². The Morgan fingerprint density at radius 1 is 1.35 bits per heavy atom. The average Bonchev–Trinajstić information content (AvgIpc) is 2.34. The largest absolute Gasteiger partial charge is 0.480 e. The summed E-state index contributed by atoms with van der Waals surface area (Å²) in [6.45, 7) is -2.14. The van der Waals surface area contributed by atoms with Gasteiger partial charge in [0.05, 0.1) is 6.10 Å². The first-order valence-corrected chi connectivity index (χ1v) is 7.19. The molecule has 1 heterocycles. The van der Waals surface area contributed by atoms with Crippen molar-refractivity contribution in [3.05, 3.63) is 0 Å². The Morgan fingerprint density at radius 2 is 1.90 bits per heavy atom. The van der Waals surface area contributed by atoms with Gasteiger partial charge in [0.2, 0.25) is 0 Å². The van der Waals surface area contributed by atoms with E-state index in [9.17, 15) is 26.4 Å². The fourth-order valence-corrected chi connectivity index (χ4v) is 2.91. The van der Waals surface area contributed by atoms with Crippen LogP contribution in [0.4, 0.5) is 13.2 Å². The van der Waals surface area contributed by atoms with Crippen molar-refractivity contribution in [2.24, 2.45) is 0 Å². The minimum absolute atomic E-state index is 0.0164. The van der Waals surface area contributed by atoms with Gasteiger partial charge in [0.25, 0.3) is 10.2 Å². The van der Waals surface area contributed by atoms with Gasteiger partial charge in [-0.2, -0.15) is 30.6 Å². The topological polar surface area (TPSA) is 95.9 Å². The molecule has 1 rings (SSSR count). The fourth-order valence-electron chi connectivity index (χ4n) is 1.69. The van der Waals surface area contributed by atoms with Crippen molar-refractivity contribution in [2.45, 2.75) is 25.1 Å². The lowest BCUT2D eigenvalue weighted by Crippen LogP contribution is -2.48. The molecule has 1 aliphatic heterocycles. The van der Waals surface area contributed by atoms with E-state index in [-0.39, 0.29) is 25.9 Å². The number of hydrogen-bond acceptors (Lipinski definition) is 4. The summed E-state index contributed by atoms with van der Waals surface area (Å²) >= 11 is 0. The number of carbonyl (C=O) groups is 1. The van der Waals surface area contributed by atoms with E-state index < -0.39 is 41.6 Å². The van der Waals surface area contributed by atoms with Gasteiger partial charge in [-0.3, -0.25) is 0 Å². The number of alkyl halides is 3. The maximum Gasteiger partial charge on any atom is 0.402 e. The van der Waals surface area contributed by atoms with Gasteiger partial charge in [0.1, 0.15) is 13.2 Å². The average molecular weight is 320 g/mol. The van der Waals surface area contributed by atoms with Crippen LogP contribution >= 0.6 is 0 Å². The maximum atomic E-state index is 12.0.